The van der Waals surface area contributed by atoms with Gasteiger partial charge in [-0.05, 0) is 55.0 Å². The summed E-state index contributed by atoms with van der Waals surface area (Å²) in [7, 11) is -3.62. The van der Waals surface area contributed by atoms with Crippen LogP contribution in [-0.4, -0.2) is 27.3 Å². The van der Waals surface area contributed by atoms with E-state index in [1.165, 1.54) is 12.1 Å². The van der Waals surface area contributed by atoms with Crippen molar-refractivity contribution >= 4 is 33.1 Å². The second-order valence-corrected chi connectivity index (χ2v) is 7.27. The lowest BCUT2D eigenvalue weighted by Gasteiger charge is -2.15. The minimum atomic E-state index is -3.62. The van der Waals surface area contributed by atoms with E-state index in [1.807, 2.05) is 12.1 Å². The van der Waals surface area contributed by atoms with Crippen molar-refractivity contribution in [3.05, 3.63) is 59.1 Å². The molecule has 2 aromatic rings. The van der Waals surface area contributed by atoms with Crippen molar-refractivity contribution < 1.29 is 8.42 Å². The first-order chi connectivity index (χ1) is 11.0. The second kappa shape index (κ2) is 6.60. The average molecular weight is 350 g/mol. The number of nitrogens with zero attached hydrogens (tertiary/aromatic N) is 1. The molecule has 0 unspecified atom stereocenters. The van der Waals surface area contributed by atoms with Gasteiger partial charge in [-0.25, -0.2) is 8.42 Å². The molecule has 0 aliphatic carbocycles. The van der Waals surface area contributed by atoms with E-state index in [1.54, 1.807) is 24.3 Å². The highest BCUT2D eigenvalue weighted by Gasteiger charge is 2.14. The van der Waals surface area contributed by atoms with Crippen LogP contribution in [-0.2, 0) is 10.0 Å². The molecule has 0 amide bonds. The van der Waals surface area contributed by atoms with Gasteiger partial charge in [0.1, 0.15) is 5.84 Å². The van der Waals surface area contributed by atoms with Gasteiger partial charge in [-0.15, -0.1) is 0 Å². The lowest BCUT2D eigenvalue weighted by Crippen LogP contribution is -2.30. The molecule has 1 aliphatic rings. The molecule has 1 aliphatic heterocycles. The first-order valence-electron chi connectivity index (χ1n) is 7.22. The molecule has 1 heterocycles. The minimum absolute atomic E-state index is 0.171. The van der Waals surface area contributed by atoms with Crippen LogP contribution in [0.25, 0.3) is 0 Å². The number of aliphatic imine (C=N–C) groups is 1. The van der Waals surface area contributed by atoms with Crippen LogP contribution < -0.4 is 10.0 Å². The minimum Gasteiger partial charge on any atom is -0.370 e. The summed E-state index contributed by atoms with van der Waals surface area (Å²) >= 11 is 5.78. The summed E-state index contributed by atoms with van der Waals surface area (Å²) in [5.41, 5.74) is 1.44. The quantitative estimate of drug-likeness (QED) is 0.891. The number of sulfonamides is 1. The number of rotatable bonds is 4. The molecule has 0 saturated heterocycles. The Bertz CT molecular complexity index is 815. The van der Waals surface area contributed by atoms with Crippen molar-refractivity contribution in [3.63, 3.8) is 0 Å². The van der Waals surface area contributed by atoms with E-state index in [0.717, 1.165) is 30.9 Å². The Hall–Kier alpha value is -2.05. The van der Waals surface area contributed by atoms with Crippen molar-refractivity contribution in [2.45, 2.75) is 11.3 Å². The predicted octanol–water partition coefficient (Wildman–Crippen LogP) is 2.88. The Kier molecular flexibility index (Phi) is 4.54. The fourth-order valence-corrected chi connectivity index (χ4v) is 3.43. The van der Waals surface area contributed by atoms with E-state index < -0.39 is 10.0 Å². The van der Waals surface area contributed by atoms with Crippen LogP contribution in [0.4, 0.5) is 5.69 Å². The monoisotopic (exact) mass is 349 g/mol. The molecular weight excluding hydrogens is 334 g/mol. The largest absolute Gasteiger partial charge is 0.370 e. The van der Waals surface area contributed by atoms with Crippen LogP contribution >= 0.6 is 11.6 Å². The lowest BCUT2D eigenvalue weighted by molar-refractivity contribution is 0.601. The van der Waals surface area contributed by atoms with Gasteiger partial charge in [-0.1, -0.05) is 11.6 Å². The van der Waals surface area contributed by atoms with E-state index in [0.29, 0.717) is 10.7 Å². The van der Waals surface area contributed by atoms with E-state index in [2.05, 4.69) is 15.0 Å². The third kappa shape index (κ3) is 3.83. The zero-order valence-corrected chi connectivity index (χ0v) is 13.9. The third-order valence-electron chi connectivity index (χ3n) is 3.43. The number of nitrogens with one attached hydrogen (secondary N) is 2. The van der Waals surface area contributed by atoms with Crippen LogP contribution in [0.15, 0.2) is 58.4 Å². The standard InChI is InChI=1S/C16H16ClN3O2S/c17-13-4-8-15(9-5-13)23(21,22)20-14-6-2-12(3-7-14)16-18-10-1-11-19-16/h2-9,20H,1,10-11H2,(H,18,19). The lowest BCUT2D eigenvalue weighted by atomic mass is 10.1. The molecule has 0 aromatic heterocycles. The van der Waals surface area contributed by atoms with Crippen LogP contribution in [0.2, 0.25) is 5.02 Å². The SMILES string of the molecule is O=S(=O)(Nc1ccc(C2=NCCCN2)cc1)c1ccc(Cl)cc1. The molecular formula is C16H16ClN3O2S. The van der Waals surface area contributed by atoms with Gasteiger partial charge in [-0.2, -0.15) is 0 Å². The van der Waals surface area contributed by atoms with E-state index >= 15 is 0 Å². The third-order valence-corrected chi connectivity index (χ3v) is 5.08. The smallest absolute Gasteiger partial charge is 0.261 e. The number of amidine groups is 1. The molecule has 0 spiro atoms. The molecule has 0 saturated carbocycles. The van der Waals surface area contributed by atoms with Gasteiger partial charge >= 0.3 is 0 Å². The average Bonchev–Trinajstić information content (AvgIpc) is 2.56. The highest BCUT2D eigenvalue weighted by Crippen LogP contribution is 2.19. The van der Waals surface area contributed by atoms with Gasteiger partial charge in [0.2, 0.25) is 0 Å². The number of hydrogen-bond donors (Lipinski definition) is 2. The van der Waals surface area contributed by atoms with Crippen molar-refractivity contribution in [2.75, 3.05) is 17.8 Å². The summed E-state index contributed by atoms with van der Waals surface area (Å²) in [6, 6.07) is 13.2. The summed E-state index contributed by atoms with van der Waals surface area (Å²) in [4.78, 5) is 4.58. The fourth-order valence-electron chi connectivity index (χ4n) is 2.25. The molecule has 2 N–H and O–H groups in total. The first kappa shape index (κ1) is 15.8. The molecule has 0 atom stereocenters. The Labute approximate surface area is 140 Å². The maximum absolute atomic E-state index is 12.3. The van der Waals surface area contributed by atoms with Crippen molar-refractivity contribution in [1.29, 1.82) is 0 Å². The van der Waals surface area contributed by atoms with Gasteiger partial charge in [0.15, 0.2) is 0 Å². The van der Waals surface area contributed by atoms with E-state index in [9.17, 15) is 8.42 Å². The first-order valence-corrected chi connectivity index (χ1v) is 9.08. The molecule has 0 fully saturated rings. The van der Waals surface area contributed by atoms with E-state index in [-0.39, 0.29) is 4.90 Å². The van der Waals surface area contributed by atoms with Gasteiger partial charge in [-0.3, -0.25) is 9.71 Å². The van der Waals surface area contributed by atoms with Gasteiger partial charge in [0.25, 0.3) is 10.0 Å². The Morgan fingerprint density at radius 2 is 1.74 bits per heavy atom. The molecule has 120 valence electrons. The number of benzene rings is 2. The second-order valence-electron chi connectivity index (χ2n) is 5.15. The molecule has 2 aromatic carbocycles. The van der Waals surface area contributed by atoms with Crippen molar-refractivity contribution in [2.24, 2.45) is 4.99 Å². The molecule has 5 nitrogen and oxygen atoms in total. The van der Waals surface area contributed by atoms with Crippen LogP contribution in [0, 0.1) is 0 Å². The van der Waals surface area contributed by atoms with Gasteiger partial charge in [0, 0.05) is 29.4 Å². The zero-order valence-electron chi connectivity index (χ0n) is 12.3. The topological polar surface area (TPSA) is 70.6 Å². The van der Waals surface area contributed by atoms with Crippen LogP contribution in [0.1, 0.15) is 12.0 Å². The molecule has 3 rings (SSSR count). The van der Waals surface area contributed by atoms with Crippen LogP contribution in [0.3, 0.4) is 0 Å². The highest BCUT2D eigenvalue weighted by molar-refractivity contribution is 7.92. The Balaban J connectivity index is 1.77. The maximum Gasteiger partial charge on any atom is 0.261 e. The fraction of sp³-hybridized carbons (Fsp3) is 0.188. The van der Waals surface area contributed by atoms with Crippen LogP contribution in [0.5, 0.6) is 0 Å². The highest BCUT2D eigenvalue weighted by atomic mass is 35.5. The maximum atomic E-state index is 12.3. The molecule has 0 bridgehead atoms. The zero-order chi connectivity index (χ0) is 16.3. The van der Waals surface area contributed by atoms with Crippen molar-refractivity contribution in [3.8, 4) is 0 Å². The summed E-state index contributed by atoms with van der Waals surface area (Å²) in [6.45, 7) is 1.72. The molecule has 7 heteroatoms. The number of anilines is 1. The Morgan fingerprint density at radius 1 is 1.04 bits per heavy atom. The number of hydrogen-bond acceptors (Lipinski definition) is 4. The van der Waals surface area contributed by atoms with Gasteiger partial charge in [0.05, 0.1) is 4.90 Å². The van der Waals surface area contributed by atoms with Gasteiger partial charge < -0.3 is 5.32 Å². The normalized spacial score (nSPS) is 14.7. The number of halogens is 1. The van der Waals surface area contributed by atoms with Crippen molar-refractivity contribution in [1.82, 2.24) is 5.32 Å². The van der Waals surface area contributed by atoms with E-state index in [4.69, 9.17) is 11.6 Å². The predicted molar refractivity (Wildman–Crippen MR) is 92.7 cm³/mol. The summed E-state index contributed by atoms with van der Waals surface area (Å²) in [5.74, 6) is 0.850. The molecule has 0 radical (unpaired) electrons. The molecule has 23 heavy (non-hydrogen) atoms. The summed E-state index contributed by atoms with van der Waals surface area (Å²) in [5, 5.41) is 3.73. The Morgan fingerprint density at radius 3 is 2.35 bits per heavy atom. The summed E-state index contributed by atoms with van der Waals surface area (Å²) in [6.07, 6.45) is 1.03. The summed E-state index contributed by atoms with van der Waals surface area (Å²) < 4.78 is 27.2.